The van der Waals surface area contributed by atoms with Crippen LogP contribution in [0.1, 0.15) is 30.0 Å². The Labute approximate surface area is 80.2 Å². The van der Waals surface area contributed by atoms with Crippen molar-refractivity contribution in [1.29, 1.82) is 0 Å². The molecule has 1 atom stereocenters. The van der Waals surface area contributed by atoms with Gasteiger partial charge in [-0.1, -0.05) is 12.1 Å². The van der Waals surface area contributed by atoms with E-state index in [1.165, 1.54) is 35.2 Å². The minimum absolute atomic E-state index is 0.632. The van der Waals surface area contributed by atoms with E-state index in [-0.39, 0.29) is 0 Å². The molecule has 0 saturated heterocycles. The van der Waals surface area contributed by atoms with Gasteiger partial charge in [0, 0.05) is 11.7 Å². The molecule has 1 heterocycles. The Balaban J connectivity index is 2.48. The highest BCUT2D eigenvalue weighted by Gasteiger charge is 2.15. The lowest BCUT2D eigenvalue weighted by molar-refractivity contribution is 0.679. The SMILES string of the molecule is Cc1ccc2c(c1C)N[C@@H](C)CC2. The van der Waals surface area contributed by atoms with Gasteiger partial charge in [-0.05, 0) is 50.3 Å². The summed E-state index contributed by atoms with van der Waals surface area (Å²) in [4.78, 5) is 0. The lowest BCUT2D eigenvalue weighted by Gasteiger charge is -2.26. The zero-order chi connectivity index (χ0) is 9.42. The third-order valence-corrected chi connectivity index (χ3v) is 3.06. The molecular weight excluding hydrogens is 158 g/mol. The van der Waals surface area contributed by atoms with Gasteiger partial charge < -0.3 is 5.32 Å². The summed E-state index contributed by atoms with van der Waals surface area (Å²) in [7, 11) is 0. The van der Waals surface area contributed by atoms with Crippen molar-refractivity contribution >= 4 is 5.69 Å². The average Bonchev–Trinajstić information content (AvgIpc) is 2.12. The fourth-order valence-corrected chi connectivity index (χ4v) is 1.97. The van der Waals surface area contributed by atoms with Crippen molar-refractivity contribution in [3.8, 4) is 0 Å². The largest absolute Gasteiger partial charge is 0.382 e. The Bertz CT molecular complexity index is 328. The van der Waals surface area contributed by atoms with Crippen LogP contribution in [0.4, 0.5) is 5.69 Å². The number of anilines is 1. The van der Waals surface area contributed by atoms with Gasteiger partial charge in [0.05, 0.1) is 0 Å². The number of benzene rings is 1. The molecule has 0 spiro atoms. The van der Waals surface area contributed by atoms with Crippen LogP contribution in [-0.4, -0.2) is 6.04 Å². The van der Waals surface area contributed by atoms with E-state index in [0.29, 0.717) is 6.04 Å². The van der Waals surface area contributed by atoms with Crippen molar-refractivity contribution in [2.75, 3.05) is 5.32 Å². The molecule has 0 radical (unpaired) electrons. The first-order valence-electron chi connectivity index (χ1n) is 5.04. The number of nitrogens with one attached hydrogen (secondary N) is 1. The molecule has 1 aromatic carbocycles. The van der Waals surface area contributed by atoms with Crippen molar-refractivity contribution in [1.82, 2.24) is 0 Å². The average molecular weight is 175 g/mol. The zero-order valence-electron chi connectivity index (χ0n) is 8.65. The monoisotopic (exact) mass is 175 g/mol. The van der Waals surface area contributed by atoms with Crippen LogP contribution in [0.5, 0.6) is 0 Å². The van der Waals surface area contributed by atoms with Crippen LogP contribution >= 0.6 is 0 Å². The van der Waals surface area contributed by atoms with E-state index in [2.05, 4.69) is 38.2 Å². The fraction of sp³-hybridized carbons (Fsp3) is 0.500. The molecule has 1 aliphatic rings. The van der Waals surface area contributed by atoms with Crippen LogP contribution in [0.25, 0.3) is 0 Å². The molecule has 1 aromatic rings. The van der Waals surface area contributed by atoms with Crippen LogP contribution < -0.4 is 5.32 Å². The third kappa shape index (κ3) is 1.43. The molecule has 13 heavy (non-hydrogen) atoms. The molecule has 2 rings (SSSR count). The summed E-state index contributed by atoms with van der Waals surface area (Å²) >= 11 is 0. The van der Waals surface area contributed by atoms with E-state index in [1.807, 2.05) is 0 Å². The Morgan fingerprint density at radius 3 is 2.85 bits per heavy atom. The first-order valence-corrected chi connectivity index (χ1v) is 5.04. The molecule has 0 amide bonds. The lowest BCUT2D eigenvalue weighted by atomic mass is 9.94. The maximum atomic E-state index is 3.57. The smallest absolute Gasteiger partial charge is 0.0407 e. The molecule has 1 N–H and O–H groups in total. The van der Waals surface area contributed by atoms with Crippen LogP contribution in [0.3, 0.4) is 0 Å². The van der Waals surface area contributed by atoms with Crippen LogP contribution in [0.15, 0.2) is 12.1 Å². The number of fused-ring (bicyclic) bond motifs is 1. The molecular formula is C12H17N. The lowest BCUT2D eigenvalue weighted by Crippen LogP contribution is -2.22. The van der Waals surface area contributed by atoms with E-state index in [9.17, 15) is 0 Å². The van der Waals surface area contributed by atoms with E-state index in [4.69, 9.17) is 0 Å². The molecule has 70 valence electrons. The predicted molar refractivity (Wildman–Crippen MR) is 57.3 cm³/mol. The number of hydrogen-bond acceptors (Lipinski definition) is 1. The Hall–Kier alpha value is -0.980. The summed E-state index contributed by atoms with van der Waals surface area (Å²) < 4.78 is 0. The first kappa shape index (κ1) is 8.61. The highest BCUT2D eigenvalue weighted by atomic mass is 14.9. The fourth-order valence-electron chi connectivity index (χ4n) is 1.97. The summed E-state index contributed by atoms with van der Waals surface area (Å²) in [5, 5.41) is 3.57. The topological polar surface area (TPSA) is 12.0 Å². The molecule has 0 aromatic heterocycles. The van der Waals surface area contributed by atoms with Gasteiger partial charge in [-0.25, -0.2) is 0 Å². The molecule has 0 bridgehead atoms. The van der Waals surface area contributed by atoms with Gasteiger partial charge in [-0.15, -0.1) is 0 Å². The summed E-state index contributed by atoms with van der Waals surface area (Å²) in [6, 6.07) is 5.12. The molecule has 1 heteroatoms. The van der Waals surface area contributed by atoms with Gasteiger partial charge >= 0.3 is 0 Å². The van der Waals surface area contributed by atoms with Crippen molar-refractivity contribution in [3.05, 3.63) is 28.8 Å². The van der Waals surface area contributed by atoms with Gasteiger partial charge in [0.2, 0.25) is 0 Å². The first-order chi connectivity index (χ1) is 6.18. The van der Waals surface area contributed by atoms with E-state index < -0.39 is 0 Å². The van der Waals surface area contributed by atoms with Crippen LogP contribution in [0, 0.1) is 13.8 Å². The predicted octanol–water partition coefficient (Wildman–Crippen LogP) is 3.05. The normalized spacial score (nSPS) is 20.7. The van der Waals surface area contributed by atoms with E-state index >= 15 is 0 Å². The Morgan fingerprint density at radius 1 is 1.31 bits per heavy atom. The molecule has 0 aliphatic carbocycles. The minimum Gasteiger partial charge on any atom is -0.382 e. The van der Waals surface area contributed by atoms with Gasteiger partial charge in [0.25, 0.3) is 0 Å². The summed E-state index contributed by atoms with van der Waals surface area (Å²) in [5.74, 6) is 0. The Morgan fingerprint density at radius 2 is 2.08 bits per heavy atom. The van der Waals surface area contributed by atoms with Gasteiger partial charge in [0.15, 0.2) is 0 Å². The van der Waals surface area contributed by atoms with Crippen molar-refractivity contribution in [2.24, 2.45) is 0 Å². The van der Waals surface area contributed by atoms with Crippen molar-refractivity contribution in [3.63, 3.8) is 0 Å². The maximum Gasteiger partial charge on any atom is 0.0407 e. The molecule has 0 unspecified atom stereocenters. The standard InChI is InChI=1S/C12H17N/c1-8-4-6-11-7-5-9(2)13-12(11)10(8)3/h4,6,9,13H,5,7H2,1-3H3/t9-/m0/s1. The minimum atomic E-state index is 0.632. The molecule has 0 fully saturated rings. The zero-order valence-corrected chi connectivity index (χ0v) is 8.65. The van der Waals surface area contributed by atoms with Crippen LogP contribution in [0.2, 0.25) is 0 Å². The van der Waals surface area contributed by atoms with E-state index in [1.54, 1.807) is 0 Å². The number of aryl methyl sites for hydroxylation is 2. The van der Waals surface area contributed by atoms with Crippen LogP contribution in [-0.2, 0) is 6.42 Å². The van der Waals surface area contributed by atoms with Crippen molar-refractivity contribution < 1.29 is 0 Å². The maximum absolute atomic E-state index is 3.57. The van der Waals surface area contributed by atoms with Crippen molar-refractivity contribution in [2.45, 2.75) is 39.7 Å². The second-order valence-corrected chi connectivity index (χ2v) is 4.13. The Kier molecular flexibility index (Phi) is 2.03. The number of rotatable bonds is 0. The molecule has 1 nitrogen and oxygen atoms in total. The second kappa shape index (κ2) is 3.06. The molecule has 0 saturated carbocycles. The summed E-state index contributed by atoms with van der Waals surface area (Å²) in [6.07, 6.45) is 2.49. The molecule has 1 aliphatic heterocycles. The van der Waals surface area contributed by atoms with Gasteiger partial charge in [0.1, 0.15) is 0 Å². The highest BCUT2D eigenvalue weighted by molar-refractivity contribution is 5.61. The summed E-state index contributed by atoms with van der Waals surface area (Å²) in [6.45, 7) is 6.64. The second-order valence-electron chi connectivity index (χ2n) is 4.13. The third-order valence-electron chi connectivity index (χ3n) is 3.06. The highest BCUT2D eigenvalue weighted by Crippen LogP contribution is 2.29. The van der Waals surface area contributed by atoms with E-state index in [0.717, 1.165) is 0 Å². The van der Waals surface area contributed by atoms with Gasteiger partial charge in [-0.2, -0.15) is 0 Å². The van der Waals surface area contributed by atoms with Gasteiger partial charge in [-0.3, -0.25) is 0 Å². The quantitative estimate of drug-likeness (QED) is 0.639. The summed E-state index contributed by atoms with van der Waals surface area (Å²) in [5.41, 5.74) is 5.68. The number of hydrogen-bond donors (Lipinski definition) is 1.